The normalized spacial score (nSPS) is 10.1. The summed E-state index contributed by atoms with van der Waals surface area (Å²) in [6.45, 7) is 2.55. The minimum absolute atomic E-state index is 0.570. The van der Waals surface area contributed by atoms with Gasteiger partial charge < -0.3 is 4.74 Å². The number of ether oxygens (including phenoxy) is 1. The van der Waals surface area contributed by atoms with Crippen molar-refractivity contribution in [3.63, 3.8) is 0 Å². The molecule has 0 saturated heterocycles. The highest BCUT2D eigenvalue weighted by molar-refractivity contribution is 8.22. The summed E-state index contributed by atoms with van der Waals surface area (Å²) in [4.78, 5) is 1.13. The maximum Gasteiger partial charge on any atom is 0.224 e. The summed E-state index contributed by atoms with van der Waals surface area (Å²) in [5, 5.41) is 0. The van der Waals surface area contributed by atoms with E-state index in [0.717, 1.165) is 4.90 Å². The average Bonchev–Trinajstić information content (AvgIpc) is 2.40. The maximum atomic E-state index is 5.33. The molecule has 0 heterocycles. The first kappa shape index (κ1) is 13.1. The van der Waals surface area contributed by atoms with Gasteiger partial charge in [-0.15, -0.1) is 0 Å². The zero-order chi connectivity index (χ0) is 12.8. The molecule has 0 saturated carbocycles. The van der Waals surface area contributed by atoms with Crippen molar-refractivity contribution in [2.45, 2.75) is 11.8 Å². The molecule has 0 aliphatic rings. The molecule has 0 N–H and O–H groups in total. The molecule has 0 spiro atoms. The Bertz CT molecular complexity index is 523. The molecule has 2 rings (SSSR count). The van der Waals surface area contributed by atoms with Crippen LogP contribution in [0.2, 0.25) is 0 Å². The second kappa shape index (κ2) is 6.57. The van der Waals surface area contributed by atoms with Crippen LogP contribution in [0.4, 0.5) is 0 Å². The van der Waals surface area contributed by atoms with E-state index in [4.69, 9.17) is 17.0 Å². The summed E-state index contributed by atoms with van der Waals surface area (Å²) in [7, 11) is 0. The molecule has 0 unspecified atom stereocenters. The first-order valence-corrected chi connectivity index (χ1v) is 7.03. The van der Waals surface area contributed by atoms with Crippen LogP contribution in [-0.2, 0) is 4.74 Å². The van der Waals surface area contributed by atoms with E-state index >= 15 is 0 Å². The number of rotatable bonds is 3. The van der Waals surface area contributed by atoms with E-state index in [1.165, 1.54) is 22.9 Å². The molecule has 0 fully saturated rings. The Kier molecular flexibility index (Phi) is 4.79. The number of hydrogen-bond donors (Lipinski definition) is 0. The van der Waals surface area contributed by atoms with Crippen LogP contribution in [0.25, 0.3) is 11.1 Å². The molecular formula is C15H14OS2. The van der Waals surface area contributed by atoms with E-state index < -0.39 is 0 Å². The third-order valence-electron chi connectivity index (χ3n) is 2.43. The first-order chi connectivity index (χ1) is 8.81. The molecule has 92 valence electrons. The van der Waals surface area contributed by atoms with E-state index in [9.17, 15) is 0 Å². The Hall–Kier alpha value is -1.32. The van der Waals surface area contributed by atoms with Crippen molar-refractivity contribution in [1.82, 2.24) is 0 Å². The molecule has 0 bridgehead atoms. The molecule has 2 aromatic rings. The molecule has 0 amide bonds. The van der Waals surface area contributed by atoms with Gasteiger partial charge in [0, 0.05) is 4.90 Å². The molecule has 0 aliphatic carbocycles. The molecular weight excluding hydrogens is 260 g/mol. The van der Waals surface area contributed by atoms with Crippen molar-refractivity contribution >= 4 is 28.4 Å². The van der Waals surface area contributed by atoms with Crippen LogP contribution in [0.5, 0.6) is 0 Å². The lowest BCUT2D eigenvalue weighted by atomic mass is 10.1. The quantitative estimate of drug-likeness (QED) is 0.589. The first-order valence-electron chi connectivity index (χ1n) is 5.80. The fourth-order valence-electron chi connectivity index (χ4n) is 1.65. The zero-order valence-electron chi connectivity index (χ0n) is 10.1. The minimum atomic E-state index is 0.570. The zero-order valence-corrected chi connectivity index (χ0v) is 11.8. The predicted molar refractivity (Wildman–Crippen MR) is 82.0 cm³/mol. The lowest BCUT2D eigenvalue weighted by molar-refractivity contribution is 0.346. The Labute approximate surface area is 117 Å². The fourth-order valence-corrected chi connectivity index (χ4v) is 2.83. The van der Waals surface area contributed by atoms with Gasteiger partial charge in [0.1, 0.15) is 0 Å². The largest absolute Gasteiger partial charge is 0.479 e. The summed E-state index contributed by atoms with van der Waals surface area (Å²) in [5.41, 5.74) is 2.38. The van der Waals surface area contributed by atoms with Gasteiger partial charge in [-0.05, 0) is 48.1 Å². The van der Waals surface area contributed by atoms with Crippen LogP contribution in [0.3, 0.4) is 0 Å². The van der Waals surface area contributed by atoms with Crippen LogP contribution in [0.1, 0.15) is 6.92 Å². The Balaban J connectivity index is 2.29. The second-order valence-electron chi connectivity index (χ2n) is 3.65. The number of thiocarbonyl (C=S) groups is 1. The summed E-state index contributed by atoms with van der Waals surface area (Å²) in [5.74, 6) is 0. The van der Waals surface area contributed by atoms with Crippen molar-refractivity contribution in [2.24, 2.45) is 0 Å². The van der Waals surface area contributed by atoms with Crippen molar-refractivity contribution in [2.75, 3.05) is 6.61 Å². The van der Waals surface area contributed by atoms with E-state index in [-0.39, 0.29) is 0 Å². The van der Waals surface area contributed by atoms with Crippen molar-refractivity contribution in [1.29, 1.82) is 0 Å². The fraction of sp³-hybridized carbons (Fsp3) is 0.133. The van der Waals surface area contributed by atoms with Gasteiger partial charge in [0.15, 0.2) is 0 Å². The number of hydrogen-bond acceptors (Lipinski definition) is 3. The van der Waals surface area contributed by atoms with E-state index in [1.807, 2.05) is 37.3 Å². The van der Waals surface area contributed by atoms with Crippen LogP contribution in [-0.4, -0.2) is 11.0 Å². The van der Waals surface area contributed by atoms with E-state index in [1.54, 1.807) is 0 Å². The van der Waals surface area contributed by atoms with Gasteiger partial charge in [0.2, 0.25) is 4.38 Å². The lowest BCUT2D eigenvalue weighted by Crippen LogP contribution is -1.96. The summed E-state index contributed by atoms with van der Waals surface area (Å²) >= 11 is 6.68. The monoisotopic (exact) mass is 274 g/mol. The van der Waals surface area contributed by atoms with Gasteiger partial charge in [-0.1, -0.05) is 48.5 Å². The van der Waals surface area contributed by atoms with Gasteiger partial charge in [-0.25, -0.2) is 0 Å². The third kappa shape index (κ3) is 3.34. The highest BCUT2D eigenvalue weighted by Gasteiger charge is 2.07. The molecule has 18 heavy (non-hydrogen) atoms. The molecule has 0 aromatic heterocycles. The highest BCUT2D eigenvalue weighted by atomic mass is 32.2. The highest BCUT2D eigenvalue weighted by Crippen LogP contribution is 2.32. The van der Waals surface area contributed by atoms with Crippen LogP contribution >= 0.6 is 24.0 Å². The average molecular weight is 274 g/mol. The number of thioether (sulfide) groups is 1. The minimum Gasteiger partial charge on any atom is -0.479 e. The summed E-state index contributed by atoms with van der Waals surface area (Å²) in [6.07, 6.45) is 0. The SMILES string of the molecule is CCOC(=S)Sc1ccccc1-c1ccccc1. The van der Waals surface area contributed by atoms with E-state index in [2.05, 4.69) is 24.3 Å². The molecule has 0 atom stereocenters. The van der Waals surface area contributed by atoms with Gasteiger partial charge in [-0.2, -0.15) is 0 Å². The number of benzene rings is 2. The molecule has 0 aliphatic heterocycles. The van der Waals surface area contributed by atoms with Crippen molar-refractivity contribution in [3.8, 4) is 11.1 Å². The predicted octanol–water partition coefficient (Wildman–Crippen LogP) is 4.77. The van der Waals surface area contributed by atoms with Crippen LogP contribution in [0, 0.1) is 0 Å². The molecule has 3 heteroatoms. The smallest absolute Gasteiger partial charge is 0.224 e. The summed E-state index contributed by atoms with van der Waals surface area (Å²) < 4.78 is 5.90. The van der Waals surface area contributed by atoms with Gasteiger partial charge in [-0.3, -0.25) is 0 Å². The molecule has 0 radical (unpaired) electrons. The second-order valence-corrected chi connectivity index (χ2v) is 5.29. The Morgan fingerprint density at radius 1 is 1.06 bits per heavy atom. The Morgan fingerprint density at radius 2 is 1.72 bits per heavy atom. The standard InChI is InChI=1S/C15H14OS2/c1-2-16-15(17)18-14-11-7-6-10-13(14)12-8-4-3-5-9-12/h3-11H,2H2,1H3. The third-order valence-corrected chi connectivity index (χ3v) is 3.66. The van der Waals surface area contributed by atoms with Crippen LogP contribution in [0.15, 0.2) is 59.5 Å². The summed E-state index contributed by atoms with van der Waals surface area (Å²) in [6, 6.07) is 18.5. The van der Waals surface area contributed by atoms with Gasteiger partial charge >= 0.3 is 0 Å². The molecule has 2 aromatic carbocycles. The van der Waals surface area contributed by atoms with Gasteiger partial charge in [0.25, 0.3) is 0 Å². The van der Waals surface area contributed by atoms with E-state index in [0.29, 0.717) is 11.0 Å². The topological polar surface area (TPSA) is 9.23 Å². The maximum absolute atomic E-state index is 5.33. The Morgan fingerprint density at radius 3 is 2.44 bits per heavy atom. The molecule has 1 nitrogen and oxygen atoms in total. The van der Waals surface area contributed by atoms with Crippen molar-refractivity contribution in [3.05, 3.63) is 54.6 Å². The van der Waals surface area contributed by atoms with Crippen LogP contribution < -0.4 is 0 Å². The van der Waals surface area contributed by atoms with Gasteiger partial charge in [0.05, 0.1) is 6.61 Å². The lowest BCUT2D eigenvalue weighted by Gasteiger charge is -2.09. The van der Waals surface area contributed by atoms with Crippen molar-refractivity contribution < 1.29 is 4.74 Å².